The highest BCUT2D eigenvalue weighted by Gasteiger charge is 2.38. The molecule has 0 fully saturated rings. The summed E-state index contributed by atoms with van der Waals surface area (Å²) < 4.78 is 0. The van der Waals surface area contributed by atoms with Gasteiger partial charge < -0.3 is 5.32 Å². The SMILES string of the molecule is O=CC1=CC=CC2C([N+](=O)[O-])=CNC12. The van der Waals surface area contributed by atoms with E-state index >= 15 is 0 Å². The second kappa shape index (κ2) is 3.10. The van der Waals surface area contributed by atoms with E-state index in [1.54, 1.807) is 18.2 Å². The van der Waals surface area contributed by atoms with Crippen molar-refractivity contribution in [1.82, 2.24) is 5.32 Å². The van der Waals surface area contributed by atoms with Crippen molar-refractivity contribution in [3.8, 4) is 0 Å². The number of fused-ring (bicyclic) bond motifs is 1. The van der Waals surface area contributed by atoms with Gasteiger partial charge in [0.2, 0.25) is 0 Å². The topological polar surface area (TPSA) is 72.2 Å². The molecule has 0 aromatic heterocycles. The Morgan fingerprint density at radius 2 is 2.36 bits per heavy atom. The van der Waals surface area contributed by atoms with Crippen LogP contribution in [0, 0.1) is 16.0 Å². The third-order valence-electron chi connectivity index (χ3n) is 2.42. The van der Waals surface area contributed by atoms with Gasteiger partial charge in [-0.25, -0.2) is 0 Å². The highest BCUT2D eigenvalue weighted by atomic mass is 16.6. The molecule has 0 saturated heterocycles. The molecule has 1 heterocycles. The highest BCUT2D eigenvalue weighted by Crippen LogP contribution is 2.29. The molecule has 0 aromatic rings. The first-order valence-electron chi connectivity index (χ1n) is 4.18. The molecule has 14 heavy (non-hydrogen) atoms. The molecule has 5 heteroatoms. The van der Waals surface area contributed by atoms with Crippen LogP contribution in [0.2, 0.25) is 0 Å². The molecule has 2 aliphatic rings. The van der Waals surface area contributed by atoms with Crippen LogP contribution in [0.15, 0.2) is 35.7 Å². The first-order chi connectivity index (χ1) is 6.74. The van der Waals surface area contributed by atoms with Gasteiger partial charge in [-0.1, -0.05) is 18.2 Å². The minimum Gasteiger partial charge on any atom is -0.378 e. The normalized spacial score (nSPS) is 28.6. The predicted molar refractivity (Wildman–Crippen MR) is 48.8 cm³/mol. The lowest BCUT2D eigenvalue weighted by Gasteiger charge is -2.18. The number of aldehydes is 1. The van der Waals surface area contributed by atoms with Crippen molar-refractivity contribution in [3.63, 3.8) is 0 Å². The van der Waals surface area contributed by atoms with Gasteiger partial charge in [0.1, 0.15) is 6.29 Å². The van der Waals surface area contributed by atoms with E-state index in [1.807, 2.05) is 0 Å². The third-order valence-corrected chi connectivity index (χ3v) is 2.42. The van der Waals surface area contributed by atoms with Gasteiger partial charge in [-0.3, -0.25) is 14.9 Å². The zero-order chi connectivity index (χ0) is 10.1. The maximum absolute atomic E-state index is 10.6. The molecule has 0 aromatic carbocycles. The highest BCUT2D eigenvalue weighted by molar-refractivity contribution is 5.77. The van der Waals surface area contributed by atoms with Crippen LogP contribution in [-0.2, 0) is 4.79 Å². The number of hydrogen-bond donors (Lipinski definition) is 1. The summed E-state index contributed by atoms with van der Waals surface area (Å²) in [6, 6.07) is -0.266. The Kier molecular flexibility index (Phi) is 1.92. The number of rotatable bonds is 2. The maximum Gasteiger partial charge on any atom is 0.270 e. The van der Waals surface area contributed by atoms with E-state index in [-0.39, 0.29) is 17.7 Å². The Morgan fingerprint density at radius 1 is 1.57 bits per heavy atom. The van der Waals surface area contributed by atoms with E-state index in [0.717, 1.165) is 6.29 Å². The summed E-state index contributed by atoms with van der Waals surface area (Å²) in [5.74, 6) is -0.324. The fourth-order valence-electron chi connectivity index (χ4n) is 1.74. The Morgan fingerprint density at radius 3 is 3.00 bits per heavy atom. The number of nitrogens with one attached hydrogen (secondary N) is 1. The van der Waals surface area contributed by atoms with Crippen LogP contribution in [0.3, 0.4) is 0 Å². The third kappa shape index (κ3) is 1.14. The van der Waals surface area contributed by atoms with Gasteiger partial charge >= 0.3 is 0 Å². The van der Waals surface area contributed by atoms with Crippen LogP contribution in [-0.4, -0.2) is 17.3 Å². The zero-order valence-corrected chi connectivity index (χ0v) is 7.21. The van der Waals surface area contributed by atoms with Crippen LogP contribution in [0.25, 0.3) is 0 Å². The fourth-order valence-corrected chi connectivity index (χ4v) is 1.74. The van der Waals surface area contributed by atoms with Gasteiger partial charge in [-0.15, -0.1) is 0 Å². The lowest BCUT2D eigenvalue weighted by atomic mass is 9.89. The fraction of sp³-hybridized carbons (Fsp3) is 0.222. The average molecular weight is 192 g/mol. The van der Waals surface area contributed by atoms with Crippen LogP contribution in [0.1, 0.15) is 0 Å². The number of carbonyl (C=O) groups is 1. The molecular weight excluding hydrogens is 184 g/mol. The van der Waals surface area contributed by atoms with E-state index in [4.69, 9.17) is 0 Å². The van der Waals surface area contributed by atoms with Crippen molar-refractivity contribution in [3.05, 3.63) is 45.8 Å². The summed E-state index contributed by atoms with van der Waals surface area (Å²) in [5, 5.41) is 13.4. The van der Waals surface area contributed by atoms with E-state index in [2.05, 4.69) is 5.32 Å². The molecule has 1 aliphatic heterocycles. The number of hydrogen-bond acceptors (Lipinski definition) is 4. The average Bonchev–Trinajstić information content (AvgIpc) is 2.60. The van der Waals surface area contributed by atoms with Crippen molar-refractivity contribution in [2.45, 2.75) is 6.04 Å². The van der Waals surface area contributed by atoms with Crippen molar-refractivity contribution in [1.29, 1.82) is 0 Å². The number of allylic oxidation sites excluding steroid dienone is 2. The van der Waals surface area contributed by atoms with E-state index in [9.17, 15) is 14.9 Å². The molecule has 5 nitrogen and oxygen atoms in total. The minimum absolute atomic E-state index is 0.110. The molecule has 72 valence electrons. The Balaban J connectivity index is 2.30. The van der Waals surface area contributed by atoms with Gasteiger partial charge in [0.25, 0.3) is 5.70 Å². The van der Waals surface area contributed by atoms with Gasteiger partial charge in [-0.05, 0) is 0 Å². The monoisotopic (exact) mass is 192 g/mol. The van der Waals surface area contributed by atoms with Crippen LogP contribution < -0.4 is 5.32 Å². The molecule has 2 atom stereocenters. The van der Waals surface area contributed by atoms with Gasteiger partial charge in [-0.2, -0.15) is 0 Å². The van der Waals surface area contributed by atoms with E-state index in [1.165, 1.54) is 6.20 Å². The number of nitrogens with zero attached hydrogens (tertiary/aromatic N) is 1. The first kappa shape index (κ1) is 8.68. The smallest absolute Gasteiger partial charge is 0.270 e. The first-order valence-corrected chi connectivity index (χ1v) is 4.18. The molecule has 0 bridgehead atoms. The van der Waals surface area contributed by atoms with Crippen molar-refractivity contribution in [2.24, 2.45) is 5.92 Å². The van der Waals surface area contributed by atoms with Gasteiger partial charge in [0, 0.05) is 5.57 Å². The van der Waals surface area contributed by atoms with Crippen LogP contribution in [0.5, 0.6) is 0 Å². The molecule has 0 radical (unpaired) electrons. The minimum atomic E-state index is -0.421. The largest absolute Gasteiger partial charge is 0.378 e. The zero-order valence-electron chi connectivity index (χ0n) is 7.21. The summed E-state index contributed by atoms with van der Waals surface area (Å²) in [7, 11) is 0. The molecule has 0 amide bonds. The summed E-state index contributed by atoms with van der Waals surface area (Å²) in [4.78, 5) is 20.8. The molecule has 1 N–H and O–H groups in total. The Hall–Kier alpha value is -1.91. The Labute approximate surface area is 79.9 Å². The van der Waals surface area contributed by atoms with Gasteiger partial charge in [0.05, 0.1) is 23.1 Å². The lowest BCUT2D eigenvalue weighted by Crippen LogP contribution is -2.31. The summed E-state index contributed by atoms with van der Waals surface area (Å²) in [5.41, 5.74) is 0.657. The molecule has 1 aliphatic carbocycles. The summed E-state index contributed by atoms with van der Waals surface area (Å²) in [6.07, 6.45) is 7.16. The van der Waals surface area contributed by atoms with Crippen molar-refractivity contribution >= 4 is 6.29 Å². The van der Waals surface area contributed by atoms with Crippen LogP contribution >= 0.6 is 0 Å². The van der Waals surface area contributed by atoms with Crippen molar-refractivity contribution in [2.75, 3.05) is 0 Å². The molecular formula is C9H8N2O3. The van der Waals surface area contributed by atoms with Crippen LogP contribution in [0.4, 0.5) is 0 Å². The number of carbonyl (C=O) groups excluding carboxylic acids is 1. The molecule has 2 unspecified atom stereocenters. The maximum atomic E-state index is 10.6. The summed E-state index contributed by atoms with van der Waals surface area (Å²) in [6.45, 7) is 0. The van der Waals surface area contributed by atoms with Gasteiger partial charge in [0.15, 0.2) is 0 Å². The predicted octanol–water partition coefficient (Wildman–Crippen LogP) is 0.388. The standard InChI is InChI=1S/C9H8N2O3/c12-5-6-2-1-3-7-8(11(13)14)4-10-9(6)7/h1-5,7,9-10H. The second-order valence-electron chi connectivity index (χ2n) is 3.17. The Bertz CT molecular complexity index is 382. The molecule has 2 rings (SSSR count). The molecule has 0 spiro atoms. The molecule has 0 saturated carbocycles. The quantitative estimate of drug-likeness (QED) is 0.390. The summed E-state index contributed by atoms with van der Waals surface area (Å²) >= 11 is 0. The lowest BCUT2D eigenvalue weighted by molar-refractivity contribution is -0.431. The number of nitro groups is 1. The second-order valence-corrected chi connectivity index (χ2v) is 3.17. The van der Waals surface area contributed by atoms with E-state index in [0.29, 0.717) is 5.57 Å². The van der Waals surface area contributed by atoms with Crippen molar-refractivity contribution < 1.29 is 9.72 Å². The van der Waals surface area contributed by atoms with E-state index < -0.39 is 4.92 Å².